The smallest absolute Gasteiger partial charge is 0.339 e. The average molecular weight is 380 g/mol. The van der Waals surface area contributed by atoms with Crippen LogP contribution in [-0.2, 0) is 4.74 Å². The maximum atomic E-state index is 12.4. The Morgan fingerprint density at radius 1 is 1.08 bits per heavy atom. The van der Waals surface area contributed by atoms with Crippen molar-refractivity contribution in [3.8, 4) is 0 Å². The second kappa shape index (κ2) is 7.57. The summed E-state index contributed by atoms with van der Waals surface area (Å²) < 4.78 is 4.59. The number of rotatable bonds is 5. The van der Waals surface area contributed by atoms with Crippen LogP contribution in [-0.4, -0.2) is 28.8 Å². The highest BCUT2D eigenvalue weighted by Gasteiger charge is 2.27. The minimum absolute atomic E-state index is 0.0429. The Balaban J connectivity index is 2.47. The molecule has 0 heterocycles. The molecule has 0 saturated heterocycles. The van der Waals surface area contributed by atoms with Crippen molar-refractivity contribution in [2.45, 2.75) is 0 Å². The number of hydrogen-bond donors (Lipinski definition) is 1. The summed E-state index contributed by atoms with van der Waals surface area (Å²) in [5, 5.41) is 23.7. The molecule has 2 aromatic rings. The average Bonchev–Trinajstić information content (AvgIpc) is 2.61. The van der Waals surface area contributed by atoms with Gasteiger partial charge in [0.1, 0.15) is 0 Å². The molecule has 0 saturated carbocycles. The second-order valence-electron chi connectivity index (χ2n) is 4.83. The topological polar surface area (TPSA) is 142 Å². The van der Waals surface area contributed by atoms with Crippen LogP contribution >= 0.6 is 11.6 Å². The maximum Gasteiger partial charge on any atom is 0.339 e. The quantitative estimate of drug-likeness (QED) is 0.477. The Morgan fingerprint density at radius 2 is 1.62 bits per heavy atom. The van der Waals surface area contributed by atoms with Gasteiger partial charge in [-0.1, -0.05) is 23.7 Å². The number of nitro groups is 2. The molecule has 0 atom stereocenters. The van der Waals surface area contributed by atoms with Crippen molar-refractivity contribution in [1.29, 1.82) is 0 Å². The number of amides is 1. The van der Waals surface area contributed by atoms with Crippen LogP contribution in [0.3, 0.4) is 0 Å². The van der Waals surface area contributed by atoms with E-state index in [0.29, 0.717) is 0 Å². The molecule has 11 heteroatoms. The zero-order valence-electron chi connectivity index (χ0n) is 13.1. The number of nitrogens with zero attached hydrogens (tertiary/aromatic N) is 2. The van der Waals surface area contributed by atoms with Gasteiger partial charge in [-0.05, 0) is 12.1 Å². The molecule has 0 spiro atoms. The predicted octanol–water partition coefficient (Wildman–Crippen LogP) is 3.20. The van der Waals surface area contributed by atoms with E-state index in [-0.39, 0.29) is 16.8 Å². The lowest BCUT2D eigenvalue weighted by Gasteiger charge is -2.10. The van der Waals surface area contributed by atoms with Crippen LogP contribution in [0.5, 0.6) is 0 Å². The molecule has 1 amide bonds. The number of halogens is 1. The molecular formula is C15H10ClN3O7. The van der Waals surface area contributed by atoms with Gasteiger partial charge in [0.2, 0.25) is 0 Å². The fourth-order valence-corrected chi connectivity index (χ4v) is 2.31. The third kappa shape index (κ3) is 3.75. The lowest BCUT2D eigenvalue weighted by molar-refractivity contribution is -0.393. The number of para-hydroxylation sites is 1. The largest absolute Gasteiger partial charge is 0.465 e. The molecule has 0 fully saturated rings. The van der Waals surface area contributed by atoms with Crippen molar-refractivity contribution in [1.82, 2.24) is 0 Å². The molecule has 0 bridgehead atoms. The third-order valence-electron chi connectivity index (χ3n) is 3.27. The number of benzene rings is 2. The normalized spacial score (nSPS) is 10.1. The summed E-state index contributed by atoms with van der Waals surface area (Å²) in [5.41, 5.74) is -1.82. The summed E-state index contributed by atoms with van der Waals surface area (Å²) in [4.78, 5) is 44.3. The number of carbonyl (C=O) groups excluding carboxylic acids is 2. The molecule has 134 valence electrons. The third-order valence-corrected chi connectivity index (χ3v) is 3.66. The van der Waals surface area contributed by atoms with Crippen LogP contribution < -0.4 is 5.32 Å². The lowest BCUT2D eigenvalue weighted by Crippen LogP contribution is -2.16. The van der Waals surface area contributed by atoms with Crippen LogP contribution in [0.4, 0.5) is 17.1 Å². The Bertz CT molecular complexity index is 894. The number of nitrogens with one attached hydrogen (secondary N) is 1. The van der Waals surface area contributed by atoms with Crippen LogP contribution in [0.25, 0.3) is 0 Å². The van der Waals surface area contributed by atoms with Gasteiger partial charge < -0.3 is 10.1 Å². The van der Waals surface area contributed by atoms with E-state index in [1.807, 2.05) is 0 Å². The van der Waals surface area contributed by atoms with E-state index >= 15 is 0 Å². The van der Waals surface area contributed by atoms with E-state index < -0.39 is 38.1 Å². The minimum atomic E-state index is -0.936. The Morgan fingerprint density at radius 3 is 2.12 bits per heavy atom. The fraction of sp³-hybridized carbons (Fsp3) is 0.0667. The molecule has 2 rings (SSSR count). The van der Waals surface area contributed by atoms with Crippen molar-refractivity contribution in [2.75, 3.05) is 12.4 Å². The zero-order chi connectivity index (χ0) is 19.4. The van der Waals surface area contributed by atoms with Crippen molar-refractivity contribution in [2.24, 2.45) is 0 Å². The molecule has 26 heavy (non-hydrogen) atoms. The highest BCUT2D eigenvalue weighted by molar-refractivity contribution is 6.35. The molecule has 2 aromatic carbocycles. The van der Waals surface area contributed by atoms with Gasteiger partial charge in [-0.15, -0.1) is 0 Å². The SMILES string of the molecule is COC(=O)c1ccccc1NC(=O)c1cc([N+](=O)[O-])c(Cl)c([N+](=O)[O-])c1. The molecule has 0 radical (unpaired) electrons. The number of hydrogen-bond acceptors (Lipinski definition) is 7. The van der Waals surface area contributed by atoms with E-state index in [9.17, 15) is 29.8 Å². The van der Waals surface area contributed by atoms with Crippen molar-refractivity contribution < 1.29 is 24.2 Å². The number of esters is 1. The zero-order valence-corrected chi connectivity index (χ0v) is 13.9. The first kappa shape index (κ1) is 18.8. The van der Waals surface area contributed by atoms with E-state index in [2.05, 4.69) is 10.1 Å². The molecule has 1 N–H and O–H groups in total. The van der Waals surface area contributed by atoms with Gasteiger partial charge in [-0.2, -0.15) is 0 Å². The van der Waals surface area contributed by atoms with E-state index in [0.717, 1.165) is 19.2 Å². The fourth-order valence-electron chi connectivity index (χ4n) is 2.07. The molecule has 10 nitrogen and oxygen atoms in total. The van der Waals surface area contributed by atoms with Crippen LogP contribution in [0.15, 0.2) is 36.4 Å². The first-order chi connectivity index (χ1) is 12.3. The second-order valence-corrected chi connectivity index (χ2v) is 5.21. The highest BCUT2D eigenvalue weighted by Crippen LogP contribution is 2.35. The van der Waals surface area contributed by atoms with Crippen molar-refractivity contribution in [3.63, 3.8) is 0 Å². The van der Waals surface area contributed by atoms with Gasteiger partial charge in [-0.25, -0.2) is 4.79 Å². The monoisotopic (exact) mass is 379 g/mol. The summed E-state index contributed by atoms with van der Waals surface area (Å²) in [6.45, 7) is 0. The number of methoxy groups -OCH3 is 1. The number of ether oxygens (including phenoxy) is 1. The standard InChI is InChI=1S/C15H10ClN3O7/c1-26-15(21)9-4-2-3-5-10(9)17-14(20)8-6-11(18(22)23)13(16)12(7-8)19(24)25/h2-7H,1H3,(H,17,20). The molecule has 0 aromatic heterocycles. The summed E-state index contributed by atoms with van der Waals surface area (Å²) in [6.07, 6.45) is 0. The Hall–Kier alpha value is -3.53. The molecule has 0 aliphatic carbocycles. The van der Waals surface area contributed by atoms with Crippen molar-refractivity contribution in [3.05, 3.63) is 72.8 Å². The number of anilines is 1. The summed E-state index contributed by atoms with van der Waals surface area (Å²) >= 11 is 5.64. The van der Waals surface area contributed by atoms with Gasteiger partial charge in [0.15, 0.2) is 5.02 Å². The first-order valence-corrected chi connectivity index (χ1v) is 7.25. The maximum absolute atomic E-state index is 12.4. The Labute approximate surface area is 150 Å². The van der Waals surface area contributed by atoms with Crippen LogP contribution in [0, 0.1) is 20.2 Å². The highest BCUT2D eigenvalue weighted by atomic mass is 35.5. The van der Waals surface area contributed by atoms with Crippen molar-refractivity contribution >= 4 is 40.5 Å². The molecule has 0 unspecified atom stereocenters. The molecule has 0 aliphatic heterocycles. The summed E-state index contributed by atoms with van der Waals surface area (Å²) in [5.74, 6) is -1.61. The minimum Gasteiger partial charge on any atom is -0.465 e. The van der Waals surface area contributed by atoms with E-state index in [1.165, 1.54) is 18.2 Å². The predicted molar refractivity (Wildman–Crippen MR) is 90.5 cm³/mol. The number of carbonyl (C=O) groups is 2. The summed E-state index contributed by atoms with van der Waals surface area (Å²) in [7, 11) is 1.16. The van der Waals surface area contributed by atoms with Gasteiger partial charge >= 0.3 is 5.97 Å². The van der Waals surface area contributed by atoms with E-state index in [1.54, 1.807) is 6.07 Å². The molecular weight excluding hydrogens is 370 g/mol. The first-order valence-electron chi connectivity index (χ1n) is 6.87. The molecule has 0 aliphatic rings. The van der Waals surface area contributed by atoms with Crippen LogP contribution in [0.1, 0.15) is 20.7 Å². The van der Waals surface area contributed by atoms with Gasteiger partial charge in [0.05, 0.1) is 33.8 Å². The lowest BCUT2D eigenvalue weighted by atomic mass is 10.1. The van der Waals surface area contributed by atoms with Gasteiger partial charge in [0.25, 0.3) is 17.3 Å². The van der Waals surface area contributed by atoms with E-state index in [4.69, 9.17) is 11.6 Å². The Kier molecular flexibility index (Phi) is 5.48. The number of nitro benzene ring substituents is 2. The van der Waals surface area contributed by atoms with Gasteiger partial charge in [-0.3, -0.25) is 25.0 Å². The van der Waals surface area contributed by atoms with Gasteiger partial charge in [0, 0.05) is 12.1 Å². The summed E-state index contributed by atoms with van der Waals surface area (Å²) in [6, 6.07) is 7.50. The van der Waals surface area contributed by atoms with Crippen LogP contribution in [0.2, 0.25) is 5.02 Å².